The largest absolute Gasteiger partial charge is 0.469 e. The first kappa shape index (κ1) is 15.5. The molecule has 1 amide bonds. The van der Waals surface area contributed by atoms with Gasteiger partial charge in [0.05, 0.1) is 18.6 Å². The number of pyridine rings is 1. The fraction of sp³-hybridized carbons (Fsp3) is 0.462. The van der Waals surface area contributed by atoms with Crippen LogP contribution in [0.3, 0.4) is 0 Å². The fourth-order valence-electron chi connectivity index (χ4n) is 1.47. The van der Waals surface area contributed by atoms with Gasteiger partial charge in [-0.2, -0.15) is 0 Å². The standard InChI is InChI=1S/C13H18N2O3S/c1-4-19-11-8-10(5-6-14-11)13(17)15-9(2)7-12(16)18-3/h5-6,8-9H,4,7H2,1-3H3,(H,15,17). The van der Waals surface area contributed by atoms with Gasteiger partial charge < -0.3 is 10.1 Å². The SMILES string of the molecule is CCSc1cc(C(=O)NC(C)CC(=O)OC)ccn1. The van der Waals surface area contributed by atoms with Gasteiger partial charge in [-0.1, -0.05) is 6.92 Å². The Balaban J connectivity index is 2.62. The van der Waals surface area contributed by atoms with Crippen molar-refractivity contribution < 1.29 is 14.3 Å². The zero-order valence-corrected chi connectivity index (χ0v) is 12.1. The first-order valence-corrected chi connectivity index (χ1v) is 7.02. The van der Waals surface area contributed by atoms with Gasteiger partial charge in [0.1, 0.15) is 0 Å². The summed E-state index contributed by atoms with van der Waals surface area (Å²) in [5.74, 6) is 0.345. The second-order valence-corrected chi connectivity index (χ2v) is 5.25. The first-order chi connectivity index (χ1) is 9.06. The van der Waals surface area contributed by atoms with Gasteiger partial charge >= 0.3 is 5.97 Å². The molecule has 1 rings (SSSR count). The summed E-state index contributed by atoms with van der Waals surface area (Å²) in [5.41, 5.74) is 0.544. The van der Waals surface area contributed by atoms with Crippen molar-refractivity contribution in [1.29, 1.82) is 0 Å². The maximum absolute atomic E-state index is 12.0. The minimum Gasteiger partial charge on any atom is -0.469 e. The Morgan fingerprint density at radius 2 is 2.26 bits per heavy atom. The Morgan fingerprint density at radius 3 is 2.89 bits per heavy atom. The lowest BCUT2D eigenvalue weighted by molar-refractivity contribution is -0.141. The average Bonchev–Trinajstić information content (AvgIpc) is 2.39. The lowest BCUT2D eigenvalue weighted by atomic mass is 10.2. The molecule has 0 aromatic carbocycles. The highest BCUT2D eigenvalue weighted by Crippen LogP contribution is 2.15. The fourth-order valence-corrected chi connectivity index (χ4v) is 2.11. The average molecular weight is 282 g/mol. The van der Waals surface area contributed by atoms with Crippen LogP contribution in [0.25, 0.3) is 0 Å². The van der Waals surface area contributed by atoms with Crippen molar-refractivity contribution in [3.05, 3.63) is 23.9 Å². The summed E-state index contributed by atoms with van der Waals surface area (Å²) in [6.45, 7) is 3.79. The van der Waals surface area contributed by atoms with Crippen LogP contribution in [-0.4, -0.2) is 35.8 Å². The highest BCUT2D eigenvalue weighted by molar-refractivity contribution is 7.99. The minimum atomic E-state index is -0.343. The molecule has 6 heteroatoms. The Hall–Kier alpha value is -1.56. The molecule has 0 bridgehead atoms. The van der Waals surface area contributed by atoms with Gasteiger partial charge in [0, 0.05) is 17.8 Å². The highest BCUT2D eigenvalue weighted by atomic mass is 32.2. The van der Waals surface area contributed by atoms with Crippen LogP contribution >= 0.6 is 11.8 Å². The van der Waals surface area contributed by atoms with Crippen LogP contribution in [0.15, 0.2) is 23.4 Å². The summed E-state index contributed by atoms with van der Waals surface area (Å²) in [5, 5.41) is 3.57. The van der Waals surface area contributed by atoms with Gasteiger partial charge in [0.2, 0.25) is 0 Å². The van der Waals surface area contributed by atoms with E-state index in [1.54, 1.807) is 37.0 Å². The van der Waals surface area contributed by atoms with Gasteiger partial charge in [-0.05, 0) is 24.8 Å². The van der Waals surface area contributed by atoms with Crippen LogP contribution in [-0.2, 0) is 9.53 Å². The molecule has 0 saturated heterocycles. The van der Waals surface area contributed by atoms with Gasteiger partial charge in [-0.3, -0.25) is 9.59 Å². The molecule has 1 unspecified atom stereocenters. The summed E-state index contributed by atoms with van der Waals surface area (Å²) >= 11 is 1.57. The Bertz CT molecular complexity index is 451. The third-order valence-corrected chi connectivity index (χ3v) is 3.17. The smallest absolute Gasteiger partial charge is 0.307 e. The third kappa shape index (κ3) is 5.30. The Morgan fingerprint density at radius 1 is 1.53 bits per heavy atom. The number of carbonyl (C=O) groups excluding carboxylic acids is 2. The van der Waals surface area contributed by atoms with Crippen LogP contribution in [0.2, 0.25) is 0 Å². The summed E-state index contributed by atoms with van der Waals surface area (Å²) in [7, 11) is 1.33. The highest BCUT2D eigenvalue weighted by Gasteiger charge is 2.13. The molecule has 0 fully saturated rings. The summed E-state index contributed by atoms with van der Waals surface area (Å²) in [6, 6.07) is 3.13. The van der Waals surface area contributed by atoms with E-state index in [-0.39, 0.29) is 24.3 Å². The second-order valence-electron chi connectivity index (χ2n) is 3.97. The van der Waals surface area contributed by atoms with Crippen molar-refractivity contribution in [3.63, 3.8) is 0 Å². The van der Waals surface area contributed by atoms with E-state index < -0.39 is 0 Å². The minimum absolute atomic E-state index is 0.157. The lowest BCUT2D eigenvalue weighted by Crippen LogP contribution is -2.34. The zero-order chi connectivity index (χ0) is 14.3. The Labute approximate surface area is 117 Å². The predicted molar refractivity (Wildman–Crippen MR) is 74.2 cm³/mol. The van der Waals surface area contributed by atoms with Crippen LogP contribution in [0.4, 0.5) is 0 Å². The molecule has 5 nitrogen and oxygen atoms in total. The van der Waals surface area contributed by atoms with Gasteiger partial charge in [-0.15, -0.1) is 11.8 Å². The molecule has 0 aliphatic heterocycles. The van der Waals surface area contributed by atoms with E-state index in [1.807, 2.05) is 6.92 Å². The molecule has 19 heavy (non-hydrogen) atoms. The number of hydrogen-bond donors (Lipinski definition) is 1. The Kier molecular flexibility index (Phi) is 6.35. The quantitative estimate of drug-likeness (QED) is 0.637. The molecule has 1 N–H and O–H groups in total. The number of methoxy groups -OCH3 is 1. The van der Waals surface area contributed by atoms with Crippen molar-refractivity contribution in [2.45, 2.75) is 31.3 Å². The molecule has 1 heterocycles. The number of nitrogens with one attached hydrogen (secondary N) is 1. The van der Waals surface area contributed by atoms with E-state index in [9.17, 15) is 9.59 Å². The number of aromatic nitrogens is 1. The number of amides is 1. The van der Waals surface area contributed by atoms with Gasteiger partial charge in [0.15, 0.2) is 0 Å². The second kappa shape index (κ2) is 7.78. The van der Waals surface area contributed by atoms with Crippen molar-refractivity contribution in [2.24, 2.45) is 0 Å². The molecule has 1 atom stereocenters. The maximum Gasteiger partial charge on any atom is 0.307 e. The number of hydrogen-bond acceptors (Lipinski definition) is 5. The summed E-state index contributed by atoms with van der Waals surface area (Å²) < 4.78 is 4.56. The number of nitrogens with zero attached hydrogens (tertiary/aromatic N) is 1. The molecule has 1 aromatic rings. The summed E-state index contributed by atoms with van der Waals surface area (Å²) in [4.78, 5) is 27.2. The third-order valence-electron chi connectivity index (χ3n) is 2.37. The zero-order valence-electron chi connectivity index (χ0n) is 11.3. The first-order valence-electron chi connectivity index (χ1n) is 6.03. The van der Waals surface area contributed by atoms with Crippen molar-refractivity contribution in [2.75, 3.05) is 12.9 Å². The van der Waals surface area contributed by atoms with Gasteiger partial charge in [0.25, 0.3) is 5.91 Å². The van der Waals surface area contributed by atoms with Gasteiger partial charge in [-0.25, -0.2) is 4.98 Å². The molecule has 0 aliphatic rings. The lowest BCUT2D eigenvalue weighted by Gasteiger charge is -2.12. The molecule has 0 aliphatic carbocycles. The van der Waals surface area contributed by atoms with E-state index in [4.69, 9.17) is 0 Å². The number of rotatable bonds is 6. The van der Waals surface area contributed by atoms with E-state index in [0.717, 1.165) is 10.8 Å². The normalized spacial score (nSPS) is 11.7. The van der Waals surface area contributed by atoms with E-state index in [2.05, 4.69) is 15.0 Å². The summed E-state index contributed by atoms with van der Waals surface area (Å²) in [6.07, 6.45) is 1.77. The number of carbonyl (C=O) groups is 2. The van der Waals surface area contributed by atoms with E-state index in [1.165, 1.54) is 7.11 Å². The van der Waals surface area contributed by atoms with Crippen LogP contribution in [0, 0.1) is 0 Å². The maximum atomic E-state index is 12.0. The number of ether oxygens (including phenoxy) is 1. The van der Waals surface area contributed by atoms with Crippen LogP contribution < -0.4 is 5.32 Å². The van der Waals surface area contributed by atoms with Crippen LogP contribution in [0.5, 0.6) is 0 Å². The monoisotopic (exact) mass is 282 g/mol. The van der Waals surface area contributed by atoms with Crippen molar-refractivity contribution in [1.82, 2.24) is 10.3 Å². The molecular weight excluding hydrogens is 264 g/mol. The molecule has 104 valence electrons. The molecule has 0 spiro atoms. The molecule has 1 aromatic heterocycles. The van der Waals surface area contributed by atoms with Crippen molar-refractivity contribution >= 4 is 23.6 Å². The van der Waals surface area contributed by atoms with Crippen LogP contribution in [0.1, 0.15) is 30.6 Å². The van der Waals surface area contributed by atoms with Crippen molar-refractivity contribution in [3.8, 4) is 0 Å². The topological polar surface area (TPSA) is 68.3 Å². The van der Waals surface area contributed by atoms with E-state index >= 15 is 0 Å². The number of esters is 1. The molecule has 0 saturated carbocycles. The number of thioether (sulfide) groups is 1. The molecular formula is C13H18N2O3S. The van der Waals surface area contributed by atoms with E-state index in [0.29, 0.717) is 5.56 Å². The molecule has 0 radical (unpaired) electrons. The predicted octanol–water partition coefficient (Wildman–Crippen LogP) is 1.88.